The Labute approximate surface area is 91.8 Å². The first kappa shape index (κ1) is 8.38. The predicted octanol–water partition coefficient (Wildman–Crippen LogP) is 3.87. The maximum atomic E-state index is 2.55. The predicted molar refractivity (Wildman–Crippen MR) is 62.4 cm³/mol. The number of hydrogen-bond donors (Lipinski definition) is 0. The van der Waals surface area contributed by atoms with Crippen LogP contribution in [0.3, 0.4) is 0 Å². The molecule has 3 atom stereocenters. The smallest absolute Gasteiger partial charge is 0.00840 e. The van der Waals surface area contributed by atoms with Crippen LogP contribution in [0.15, 0.2) is 36.5 Å². The van der Waals surface area contributed by atoms with Crippen molar-refractivity contribution in [2.45, 2.75) is 32.6 Å². The fourth-order valence-electron chi connectivity index (χ4n) is 4.91. The molecule has 0 heterocycles. The van der Waals surface area contributed by atoms with Gasteiger partial charge in [0.2, 0.25) is 0 Å². The minimum absolute atomic E-state index is 0.505. The maximum Gasteiger partial charge on any atom is 0.00840 e. The molecule has 0 aromatic rings. The monoisotopic (exact) mass is 198 g/mol. The van der Waals surface area contributed by atoms with E-state index in [1.165, 1.54) is 25.7 Å². The van der Waals surface area contributed by atoms with Crippen LogP contribution in [-0.4, -0.2) is 0 Å². The average molecular weight is 198 g/mol. The summed E-state index contributed by atoms with van der Waals surface area (Å²) in [6, 6.07) is 0. The van der Waals surface area contributed by atoms with Crippen molar-refractivity contribution in [1.29, 1.82) is 0 Å². The Hall–Kier alpha value is -0.780. The van der Waals surface area contributed by atoms with Gasteiger partial charge in [0.1, 0.15) is 0 Å². The second-order valence-electron chi connectivity index (χ2n) is 6.02. The third-order valence-electron chi connectivity index (χ3n) is 5.90. The standard InChI is InChI=1S/C15H18/c1-13(12-6-7-12)14-8-2-3-9-15(13,14)11-5-4-10-14/h2-5,8-9,12H,6-7,10-11H2,1H3/t13?,14-,15+. The lowest BCUT2D eigenvalue weighted by atomic mass is 9.81. The number of rotatable bonds is 1. The van der Waals surface area contributed by atoms with E-state index in [0.29, 0.717) is 16.2 Å². The highest BCUT2D eigenvalue weighted by atomic mass is 14.9. The molecule has 4 rings (SSSR count). The lowest BCUT2D eigenvalue weighted by Gasteiger charge is -2.23. The Balaban J connectivity index is 1.91. The minimum atomic E-state index is 0.505. The Kier molecular flexibility index (Phi) is 1.21. The molecule has 4 aliphatic carbocycles. The summed E-state index contributed by atoms with van der Waals surface area (Å²) in [6.45, 7) is 2.55. The Morgan fingerprint density at radius 1 is 0.933 bits per heavy atom. The summed E-state index contributed by atoms with van der Waals surface area (Å²) in [5.74, 6) is 1.00. The Morgan fingerprint density at radius 2 is 1.47 bits per heavy atom. The van der Waals surface area contributed by atoms with Crippen LogP contribution in [0.5, 0.6) is 0 Å². The zero-order valence-electron chi connectivity index (χ0n) is 9.37. The minimum Gasteiger partial charge on any atom is -0.0876 e. The second kappa shape index (κ2) is 2.16. The van der Waals surface area contributed by atoms with Crippen molar-refractivity contribution in [3.63, 3.8) is 0 Å². The van der Waals surface area contributed by atoms with Gasteiger partial charge in [-0.2, -0.15) is 0 Å². The van der Waals surface area contributed by atoms with Gasteiger partial charge in [-0.05, 0) is 37.0 Å². The van der Waals surface area contributed by atoms with Gasteiger partial charge >= 0.3 is 0 Å². The molecule has 78 valence electrons. The van der Waals surface area contributed by atoms with Crippen LogP contribution in [-0.2, 0) is 0 Å². The summed E-state index contributed by atoms with van der Waals surface area (Å²) in [5.41, 5.74) is 1.59. The van der Waals surface area contributed by atoms with Gasteiger partial charge in [0.15, 0.2) is 0 Å². The molecule has 0 nitrogen and oxygen atoms in total. The first-order valence-corrected chi connectivity index (χ1v) is 6.29. The summed E-state index contributed by atoms with van der Waals surface area (Å²) in [6.07, 6.45) is 19.9. The summed E-state index contributed by atoms with van der Waals surface area (Å²) in [7, 11) is 0. The molecule has 0 radical (unpaired) electrons. The summed E-state index contributed by atoms with van der Waals surface area (Å²) < 4.78 is 0. The molecule has 0 amide bonds. The lowest BCUT2D eigenvalue weighted by molar-refractivity contribution is 0.364. The Bertz CT molecular complexity index is 378. The summed E-state index contributed by atoms with van der Waals surface area (Å²) >= 11 is 0. The van der Waals surface area contributed by atoms with Crippen LogP contribution >= 0.6 is 0 Å². The first-order chi connectivity index (χ1) is 7.27. The van der Waals surface area contributed by atoms with Crippen molar-refractivity contribution in [2.24, 2.45) is 22.2 Å². The van der Waals surface area contributed by atoms with E-state index in [1.807, 2.05) is 0 Å². The van der Waals surface area contributed by atoms with E-state index in [9.17, 15) is 0 Å². The molecule has 0 N–H and O–H groups in total. The van der Waals surface area contributed by atoms with Crippen molar-refractivity contribution in [2.75, 3.05) is 0 Å². The topological polar surface area (TPSA) is 0 Å². The first-order valence-electron chi connectivity index (χ1n) is 6.29. The molecule has 15 heavy (non-hydrogen) atoms. The van der Waals surface area contributed by atoms with Crippen molar-refractivity contribution in [3.8, 4) is 0 Å². The number of hydrogen-bond acceptors (Lipinski definition) is 0. The van der Waals surface area contributed by atoms with E-state index in [0.717, 1.165) is 5.92 Å². The van der Waals surface area contributed by atoms with Crippen LogP contribution in [0.25, 0.3) is 0 Å². The summed E-state index contributed by atoms with van der Waals surface area (Å²) in [5, 5.41) is 0. The highest BCUT2D eigenvalue weighted by Gasteiger charge is 2.84. The van der Waals surface area contributed by atoms with E-state index in [4.69, 9.17) is 0 Å². The van der Waals surface area contributed by atoms with Gasteiger partial charge in [-0.25, -0.2) is 0 Å². The third-order valence-corrected chi connectivity index (χ3v) is 5.90. The molecule has 0 heteroatoms. The number of allylic oxidation sites excluding steroid dienone is 6. The molecular formula is C15H18. The van der Waals surface area contributed by atoms with Gasteiger partial charge in [-0.1, -0.05) is 43.4 Å². The Morgan fingerprint density at radius 3 is 1.93 bits per heavy atom. The van der Waals surface area contributed by atoms with E-state index in [1.54, 1.807) is 0 Å². The molecule has 0 aromatic heterocycles. The molecule has 0 saturated heterocycles. The largest absolute Gasteiger partial charge is 0.0876 e. The molecule has 0 aliphatic heterocycles. The second-order valence-corrected chi connectivity index (χ2v) is 6.02. The molecule has 2 fully saturated rings. The zero-order valence-corrected chi connectivity index (χ0v) is 9.37. The fourth-order valence-corrected chi connectivity index (χ4v) is 4.91. The molecule has 4 aliphatic rings. The highest BCUT2D eigenvalue weighted by Crippen LogP contribution is 2.89. The maximum absolute atomic E-state index is 2.55. The van der Waals surface area contributed by atoms with Crippen molar-refractivity contribution in [3.05, 3.63) is 36.5 Å². The zero-order chi connectivity index (χ0) is 10.1. The SMILES string of the molecule is CC1(C2CC2)[C@@]23C=CC=C[C@@]12CC=CC3. The van der Waals surface area contributed by atoms with Crippen LogP contribution < -0.4 is 0 Å². The summed E-state index contributed by atoms with van der Waals surface area (Å²) in [4.78, 5) is 0. The fraction of sp³-hybridized carbons (Fsp3) is 0.600. The van der Waals surface area contributed by atoms with Gasteiger partial charge in [-0.15, -0.1) is 0 Å². The van der Waals surface area contributed by atoms with Gasteiger partial charge < -0.3 is 0 Å². The lowest BCUT2D eigenvalue weighted by Crippen LogP contribution is -2.13. The molecule has 1 unspecified atom stereocenters. The van der Waals surface area contributed by atoms with Crippen molar-refractivity contribution < 1.29 is 0 Å². The quantitative estimate of drug-likeness (QED) is 0.561. The van der Waals surface area contributed by atoms with Crippen molar-refractivity contribution >= 4 is 0 Å². The molecular weight excluding hydrogens is 180 g/mol. The van der Waals surface area contributed by atoms with Gasteiger partial charge in [0.05, 0.1) is 0 Å². The van der Waals surface area contributed by atoms with E-state index in [-0.39, 0.29) is 0 Å². The molecule has 2 saturated carbocycles. The molecule has 0 bridgehead atoms. The van der Waals surface area contributed by atoms with Gasteiger partial charge in [0, 0.05) is 10.8 Å². The normalized spacial score (nSPS) is 55.0. The van der Waals surface area contributed by atoms with Crippen LogP contribution in [0, 0.1) is 22.2 Å². The molecule has 0 aromatic carbocycles. The van der Waals surface area contributed by atoms with Crippen molar-refractivity contribution in [1.82, 2.24) is 0 Å². The third kappa shape index (κ3) is 0.634. The van der Waals surface area contributed by atoms with Crippen LogP contribution in [0.2, 0.25) is 0 Å². The van der Waals surface area contributed by atoms with E-state index in [2.05, 4.69) is 43.4 Å². The van der Waals surface area contributed by atoms with E-state index < -0.39 is 0 Å². The van der Waals surface area contributed by atoms with Gasteiger partial charge in [0.25, 0.3) is 0 Å². The van der Waals surface area contributed by atoms with Crippen LogP contribution in [0.1, 0.15) is 32.6 Å². The molecule has 0 spiro atoms. The average Bonchev–Trinajstić information content (AvgIpc) is 3.15. The highest BCUT2D eigenvalue weighted by molar-refractivity contribution is 5.49. The van der Waals surface area contributed by atoms with Gasteiger partial charge in [-0.3, -0.25) is 0 Å². The van der Waals surface area contributed by atoms with E-state index >= 15 is 0 Å². The van der Waals surface area contributed by atoms with Crippen LogP contribution in [0.4, 0.5) is 0 Å².